The van der Waals surface area contributed by atoms with Crippen LogP contribution < -0.4 is 11.1 Å². The number of nitrogens with two attached hydrogens (primary N) is 1. The fourth-order valence-electron chi connectivity index (χ4n) is 1.97. The van der Waals surface area contributed by atoms with E-state index >= 15 is 0 Å². The Kier molecular flexibility index (Phi) is 4.33. The van der Waals surface area contributed by atoms with Crippen molar-refractivity contribution in [3.63, 3.8) is 0 Å². The van der Waals surface area contributed by atoms with Crippen LogP contribution in [0.2, 0.25) is 0 Å². The second kappa shape index (κ2) is 5.32. The average molecular weight is 241 g/mol. The number of carbonyl (C=O) groups excluding carboxylic acids is 1. The fraction of sp³-hybridized carbons (Fsp3) is 0.417. The third-order valence-electron chi connectivity index (χ3n) is 2.86. The summed E-state index contributed by atoms with van der Waals surface area (Å²) in [6.07, 6.45) is 1.18. The van der Waals surface area contributed by atoms with E-state index in [-0.39, 0.29) is 18.3 Å². The lowest BCUT2D eigenvalue weighted by atomic mass is 10.1. The van der Waals surface area contributed by atoms with Crippen LogP contribution in [0.4, 0.5) is 5.69 Å². The fourth-order valence-corrected chi connectivity index (χ4v) is 1.97. The molecule has 0 heterocycles. The van der Waals surface area contributed by atoms with Gasteiger partial charge < -0.3 is 11.1 Å². The summed E-state index contributed by atoms with van der Waals surface area (Å²) in [5.41, 5.74) is 7.78. The van der Waals surface area contributed by atoms with E-state index < -0.39 is 0 Å². The van der Waals surface area contributed by atoms with Crippen LogP contribution in [-0.4, -0.2) is 12.5 Å². The van der Waals surface area contributed by atoms with Crippen LogP contribution in [0.15, 0.2) is 24.3 Å². The van der Waals surface area contributed by atoms with Crippen LogP contribution >= 0.6 is 12.4 Å². The van der Waals surface area contributed by atoms with Crippen molar-refractivity contribution in [2.45, 2.75) is 19.3 Å². The number of hydrogen-bond acceptors (Lipinski definition) is 2. The molecule has 2 atom stereocenters. The van der Waals surface area contributed by atoms with Gasteiger partial charge in [-0.15, -0.1) is 12.4 Å². The van der Waals surface area contributed by atoms with Gasteiger partial charge in [-0.2, -0.15) is 0 Å². The first-order chi connectivity index (χ1) is 7.20. The van der Waals surface area contributed by atoms with E-state index in [1.807, 2.05) is 18.2 Å². The van der Waals surface area contributed by atoms with Crippen molar-refractivity contribution in [1.29, 1.82) is 0 Å². The van der Waals surface area contributed by atoms with Gasteiger partial charge in [0.25, 0.3) is 0 Å². The predicted molar refractivity (Wildman–Crippen MR) is 67.9 cm³/mol. The van der Waals surface area contributed by atoms with Crippen LogP contribution in [0, 0.1) is 5.92 Å². The van der Waals surface area contributed by atoms with Crippen molar-refractivity contribution < 1.29 is 4.79 Å². The molecule has 0 radical (unpaired) electrons. The summed E-state index contributed by atoms with van der Waals surface area (Å²) in [7, 11) is 0. The Morgan fingerprint density at radius 1 is 1.56 bits per heavy atom. The Morgan fingerprint density at radius 3 is 2.88 bits per heavy atom. The molecule has 0 spiro atoms. The van der Waals surface area contributed by atoms with E-state index in [4.69, 9.17) is 5.73 Å². The number of halogens is 1. The first-order valence-electron chi connectivity index (χ1n) is 5.28. The molecule has 3 nitrogen and oxygen atoms in total. The smallest absolute Gasteiger partial charge is 0.221 e. The van der Waals surface area contributed by atoms with Gasteiger partial charge in [0.15, 0.2) is 0 Å². The molecule has 0 aliphatic heterocycles. The second-order valence-electron chi connectivity index (χ2n) is 4.14. The zero-order valence-electron chi connectivity index (χ0n) is 9.27. The Bertz CT molecular complexity index is 381. The van der Waals surface area contributed by atoms with Crippen LogP contribution in [0.5, 0.6) is 0 Å². The molecule has 1 aromatic rings. The molecule has 0 aromatic heterocycles. The van der Waals surface area contributed by atoms with Crippen molar-refractivity contribution >= 4 is 24.0 Å². The number of carbonyl (C=O) groups is 1. The summed E-state index contributed by atoms with van der Waals surface area (Å²) >= 11 is 0. The molecule has 0 unspecified atom stereocenters. The van der Waals surface area contributed by atoms with Gasteiger partial charge in [-0.1, -0.05) is 12.1 Å². The van der Waals surface area contributed by atoms with Crippen molar-refractivity contribution in [3.05, 3.63) is 29.8 Å². The number of anilines is 1. The normalized spacial score (nSPS) is 22.1. The molecule has 2 rings (SSSR count). The number of rotatable bonds is 3. The second-order valence-corrected chi connectivity index (χ2v) is 4.14. The molecule has 0 saturated heterocycles. The van der Waals surface area contributed by atoms with Crippen molar-refractivity contribution in [1.82, 2.24) is 0 Å². The lowest BCUT2D eigenvalue weighted by Gasteiger charge is -2.04. The van der Waals surface area contributed by atoms with Gasteiger partial charge in [0.1, 0.15) is 0 Å². The zero-order valence-corrected chi connectivity index (χ0v) is 10.1. The van der Waals surface area contributed by atoms with Crippen LogP contribution in [-0.2, 0) is 4.79 Å². The highest BCUT2D eigenvalue weighted by molar-refractivity contribution is 5.88. The lowest BCUT2D eigenvalue weighted by molar-refractivity contribution is -0.114. The van der Waals surface area contributed by atoms with E-state index in [0.717, 1.165) is 12.2 Å². The van der Waals surface area contributed by atoms with Gasteiger partial charge in [-0.3, -0.25) is 4.79 Å². The molecule has 1 aromatic carbocycles. The highest BCUT2D eigenvalue weighted by Gasteiger charge is 2.36. The lowest BCUT2D eigenvalue weighted by Crippen LogP contribution is -2.06. The standard InChI is InChI=1S/C12H16N2O.ClH/c1-8(15)14-11-4-2-3-9(5-11)12-6-10(12)7-13;/h2-5,10,12H,6-7,13H2,1H3,(H,14,15);1H/t10-,12-;/m0./s1. The molecule has 1 amide bonds. The maximum Gasteiger partial charge on any atom is 0.221 e. The van der Waals surface area contributed by atoms with Crippen molar-refractivity contribution in [3.8, 4) is 0 Å². The van der Waals surface area contributed by atoms with E-state index in [0.29, 0.717) is 11.8 Å². The molecule has 1 fully saturated rings. The number of hydrogen-bond donors (Lipinski definition) is 2. The summed E-state index contributed by atoms with van der Waals surface area (Å²) in [6, 6.07) is 8.03. The molecule has 16 heavy (non-hydrogen) atoms. The Labute approximate surface area is 102 Å². The summed E-state index contributed by atoms with van der Waals surface area (Å²) in [4.78, 5) is 10.9. The number of nitrogens with one attached hydrogen (secondary N) is 1. The quantitative estimate of drug-likeness (QED) is 0.851. The van der Waals surface area contributed by atoms with Gasteiger partial charge in [-0.05, 0) is 42.5 Å². The molecule has 0 bridgehead atoms. The minimum Gasteiger partial charge on any atom is -0.330 e. The highest BCUT2D eigenvalue weighted by atomic mass is 35.5. The summed E-state index contributed by atoms with van der Waals surface area (Å²) in [6.45, 7) is 2.28. The molecular formula is C12H17ClN2O. The molecule has 88 valence electrons. The van der Waals surface area contributed by atoms with E-state index in [1.54, 1.807) is 0 Å². The Hall–Kier alpha value is -1.06. The van der Waals surface area contributed by atoms with E-state index in [1.165, 1.54) is 18.9 Å². The topological polar surface area (TPSA) is 55.1 Å². The predicted octanol–water partition coefficient (Wildman–Crippen LogP) is 2.13. The third-order valence-corrected chi connectivity index (χ3v) is 2.86. The molecule has 1 aliphatic carbocycles. The first-order valence-corrected chi connectivity index (χ1v) is 5.28. The maximum atomic E-state index is 10.9. The zero-order chi connectivity index (χ0) is 10.8. The summed E-state index contributed by atoms with van der Waals surface area (Å²) in [5, 5.41) is 2.79. The molecule has 4 heteroatoms. The van der Waals surface area contributed by atoms with Gasteiger partial charge in [0.2, 0.25) is 5.91 Å². The van der Waals surface area contributed by atoms with Gasteiger partial charge in [-0.25, -0.2) is 0 Å². The van der Waals surface area contributed by atoms with Crippen molar-refractivity contribution in [2.75, 3.05) is 11.9 Å². The molecule has 1 aliphatic rings. The maximum absolute atomic E-state index is 10.9. The van der Waals surface area contributed by atoms with Crippen LogP contribution in [0.25, 0.3) is 0 Å². The largest absolute Gasteiger partial charge is 0.330 e. The summed E-state index contributed by atoms with van der Waals surface area (Å²) in [5.74, 6) is 1.21. The van der Waals surface area contributed by atoms with Gasteiger partial charge >= 0.3 is 0 Å². The third kappa shape index (κ3) is 2.97. The van der Waals surface area contributed by atoms with E-state index in [2.05, 4.69) is 11.4 Å². The minimum absolute atomic E-state index is 0. The average Bonchev–Trinajstić information content (AvgIpc) is 2.96. The number of amides is 1. The first kappa shape index (κ1) is 13.0. The molecule has 3 N–H and O–H groups in total. The Balaban J connectivity index is 0.00000128. The SMILES string of the molecule is CC(=O)Nc1cccc([C@@H]2C[C@H]2CN)c1.Cl. The monoisotopic (exact) mass is 240 g/mol. The van der Waals surface area contributed by atoms with Crippen LogP contribution in [0.3, 0.4) is 0 Å². The van der Waals surface area contributed by atoms with Gasteiger partial charge in [0.05, 0.1) is 0 Å². The molecule has 1 saturated carbocycles. The van der Waals surface area contributed by atoms with Crippen LogP contribution in [0.1, 0.15) is 24.8 Å². The summed E-state index contributed by atoms with van der Waals surface area (Å²) < 4.78 is 0. The molecular weight excluding hydrogens is 224 g/mol. The van der Waals surface area contributed by atoms with Crippen molar-refractivity contribution in [2.24, 2.45) is 11.7 Å². The number of benzene rings is 1. The Morgan fingerprint density at radius 2 is 2.31 bits per heavy atom. The van der Waals surface area contributed by atoms with Gasteiger partial charge in [0, 0.05) is 12.6 Å². The minimum atomic E-state index is -0.0293. The highest BCUT2D eigenvalue weighted by Crippen LogP contribution is 2.46. The van der Waals surface area contributed by atoms with E-state index in [9.17, 15) is 4.79 Å².